The Labute approximate surface area is 111 Å². The molecule has 102 valence electrons. The van der Waals surface area contributed by atoms with Gasteiger partial charge in [0.1, 0.15) is 0 Å². The van der Waals surface area contributed by atoms with Crippen molar-refractivity contribution in [1.29, 1.82) is 0 Å². The number of aryl methyl sites for hydroxylation is 1. The summed E-state index contributed by atoms with van der Waals surface area (Å²) in [4.78, 5) is 0. The van der Waals surface area contributed by atoms with Gasteiger partial charge in [0.25, 0.3) is 0 Å². The monoisotopic (exact) mass is 269 g/mol. The van der Waals surface area contributed by atoms with Crippen LogP contribution in [0.4, 0.5) is 0 Å². The van der Waals surface area contributed by atoms with Gasteiger partial charge >= 0.3 is 0 Å². The Morgan fingerprint density at radius 3 is 2.39 bits per heavy atom. The largest absolute Gasteiger partial charge is 0.317 e. The number of sulfone groups is 1. The molecule has 1 N–H and O–H groups in total. The van der Waals surface area contributed by atoms with Crippen molar-refractivity contribution in [2.24, 2.45) is 0 Å². The first kappa shape index (κ1) is 15.2. The predicted octanol–water partition coefficient (Wildman–Crippen LogP) is 2.30. The van der Waals surface area contributed by atoms with Gasteiger partial charge in [-0.05, 0) is 45.4 Å². The third-order valence-electron chi connectivity index (χ3n) is 3.41. The van der Waals surface area contributed by atoms with E-state index >= 15 is 0 Å². The molecule has 0 saturated heterocycles. The highest BCUT2D eigenvalue weighted by atomic mass is 32.2. The van der Waals surface area contributed by atoms with Gasteiger partial charge in [-0.15, -0.1) is 0 Å². The average molecular weight is 269 g/mol. The van der Waals surface area contributed by atoms with Crippen molar-refractivity contribution in [3.8, 4) is 0 Å². The lowest BCUT2D eigenvalue weighted by Gasteiger charge is -2.18. The molecule has 0 heterocycles. The maximum Gasteiger partial charge on any atom is 0.157 e. The Balaban J connectivity index is 2.79. The molecule has 0 aliphatic heterocycles. The van der Waals surface area contributed by atoms with E-state index in [9.17, 15) is 8.42 Å². The van der Waals surface area contributed by atoms with Crippen molar-refractivity contribution in [2.45, 2.75) is 44.2 Å². The topological polar surface area (TPSA) is 46.2 Å². The van der Waals surface area contributed by atoms with Gasteiger partial charge < -0.3 is 5.32 Å². The molecule has 0 spiro atoms. The second-order valence-electron chi connectivity index (χ2n) is 4.97. The van der Waals surface area contributed by atoms with Crippen molar-refractivity contribution in [3.63, 3.8) is 0 Å². The van der Waals surface area contributed by atoms with Gasteiger partial charge in [-0.25, -0.2) is 8.42 Å². The van der Waals surface area contributed by atoms with Gasteiger partial charge in [0.15, 0.2) is 9.84 Å². The van der Waals surface area contributed by atoms with Crippen LogP contribution in [-0.2, 0) is 15.6 Å². The highest BCUT2D eigenvalue weighted by Gasteiger charge is 2.23. The lowest BCUT2D eigenvalue weighted by molar-refractivity contribution is 0.530. The van der Waals surface area contributed by atoms with Gasteiger partial charge in [0.05, 0.1) is 11.0 Å². The van der Waals surface area contributed by atoms with Crippen LogP contribution in [0, 0.1) is 6.92 Å². The Bertz CT molecular complexity index is 482. The summed E-state index contributed by atoms with van der Waals surface area (Å²) in [6, 6.07) is 7.87. The van der Waals surface area contributed by atoms with Crippen LogP contribution in [0.25, 0.3) is 0 Å². The molecule has 18 heavy (non-hydrogen) atoms. The molecule has 2 atom stereocenters. The first-order valence-corrected chi connectivity index (χ1v) is 8.01. The molecule has 0 aliphatic carbocycles. The van der Waals surface area contributed by atoms with Crippen molar-refractivity contribution in [1.82, 2.24) is 5.32 Å². The van der Waals surface area contributed by atoms with Gasteiger partial charge in [-0.2, -0.15) is 0 Å². The van der Waals surface area contributed by atoms with Crippen LogP contribution >= 0.6 is 0 Å². The van der Waals surface area contributed by atoms with Crippen LogP contribution in [0.1, 0.15) is 31.4 Å². The first-order chi connectivity index (χ1) is 8.36. The van der Waals surface area contributed by atoms with Crippen LogP contribution in [0.15, 0.2) is 24.3 Å². The second-order valence-corrected chi connectivity index (χ2v) is 7.39. The summed E-state index contributed by atoms with van der Waals surface area (Å²) in [6.07, 6.45) is 0.644. The van der Waals surface area contributed by atoms with Crippen molar-refractivity contribution < 1.29 is 8.42 Å². The molecule has 0 saturated carbocycles. The molecule has 0 aromatic heterocycles. The minimum Gasteiger partial charge on any atom is -0.317 e. The zero-order valence-electron chi connectivity index (χ0n) is 11.6. The minimum absolute atomic E-state index is 0.136. The molecular weight excluding hydrogens is 246 g/mol. The number of nitrogens with one attached hydrogen (secondary N) is 1. The molecule has 0 amide bonds. The molecule has 0 bridgehead atoms. The molecule has 0 radical (unpaired) electrons. The Morgan fingerprint density at radius 2 is 1.83 bits per heavy atom. The SMILES string of the molecule is CNC(C)CC(C)S(=O)(=O)Cc1ccccc1C. The number of rotatable bonds is 6. The third-order valence-corrected chi connectivity index (χ3v) is 5.54. The second kappa shape index (κ2) is 6.34. The lowest BCUT2D eigenvalue weighted by Crippen LogP contribution is -2.30. The van der Waals surface area contributed by atoms with Crippen LogP contribution in [0.3, 0.4) is 0 Å². The van der Waals surface area contributed by atoms with Crippen LogP contribution < -0.4 is 5.32 Å². The highest BCUT2D eigenvalue weighted by Crippen LogP contribution is 2.17. The standard InChI is InChI=1S/C14H23NO2S/c1-11-7-5-6-8-14(11)10-18(16,17)13(3)9-12(2)15-4/h5-8,12-13,15H,9-10H2,1-4H3. The van der Waals surface area contributed by atoms with Crippen LogP contribution in [-0.4, -0.2) is 26.8 Å². The molecule has 0 fully saturated rings. The zero-order chi connectivity index (χ0) is 13.8. The van der Waals surface area contributed by atoms with Crippen molar-refractivity contribution in [3.05, 3.63) is 35.4 Å². The fourth-order valence-corrected chi connectivity index (χ4v) is 3.52. The Hall–Kier alpha value is -0.870. The van der Waals surface area contributed by atoms with Crippen molar-refractivity contribution in [2.75, 3.05) is 7.05 Å². The third kappa shape index (κ3) is 4.10. The first-order valence-electron chi connectivity index (χ1n) is 6.30. The van der Waals surface area contributed by atoms with Gasteiger partial charge in [0.2, 0.25) is 0 Å². The Morgan fingerprint density at radius 1 is 1.22 bits per heavy atom. The fourth-order valence-electron chi connectivity index (χ4n) is 1.89. The van der Waals surface area contributed by atoms with E-state index in [2.05, 4.69) is 5.32 Å². The molecular formula is C14H23NO2S. The molecule has 4 heteroatoms. The predicted molar refractivity (Wildman–Crippen MR) is 76.4 cm³/mol. The quantitative estimate of drug-likeness (QED) is 0.862. The van der Waals surface area contributed by atoms with E-state index in [1.165, 1.54) is 0 Å². The molecule has 0 aliphatic rings. The summed E-state index contributed by atoms with van der Waals surface area (Å²) >= 11 is 0. The summed E-state index contributed by atoms with van der Waals surface area (Å²) < 4.78 is 24.6. The van der Waals surface area contributed by atoms with Crippen molar-refractivity contribution >= 4 is 9.84 Å². The van der Waals surface area contributed by atoms with Gasteiger partial charge in [0, 0.05) is 6.04 Å². The minimum atomic E-state index is -3.08. The Kier molecular flexibility index (Phi) is 5.35. The van der Waals surface area contributed by atoms with Gasteiger partial charge in [-0.3, -0.25) is 0 Å². The molecule has 1 rings (SSSR count). The number of benzene rings is 1. The van der Waals surface area contributed by atoms with E-state index in [0.29, 0.717) is 6.42 Å². The van der Waals surface area contributed by atoms with Crippen LogP contribution in [0.5, 0.6) is 0 Å². The van der Waals surface area contributed by atoms with E-state index in [-0.39, 0.29) is 17.0 Å². The maximum absolute atomic E-state index is 12.3. The van der Waals surface area contributed by atoms with E-state index in [1.54, 1.807) is 6.92 Å². The lowest BCUT2D eigenvalue weighted by atomic mass is 10.1. The molecule has 1 aromatic rings. The summed E-state index contributed by atoms with van der Waals surface area (Å²) in [5.74, 6) is 0.136. The highest BCUT2D eigenvalue weighted by molar-refractivity contribution is 7.91. The molecule has 2 unspecified atom stereocenters. The summed E-state index contributed by atoms with van der Waals surface area (Å²) in [6.45, 7) is 5.74. The average Bonchev–Trinajstić information content (AvgIpc) is 2.31. The normalized spacial score (nSPS) is 15.3. The summed E-state index contributed by atoms with van der Waals surface area (Å²) in [7, 11) is -1.23. The fraction of sp³-hybridized carbons (Fsp3) is 0.571. The zero-order valence-corrected chi connectivity index (χ0v) is 12.4. The van der Waals surface area contributed by atoms with E-state index in [1.807, 2.05) is 45.2 Å². The summed E-state index contributed by atoms with van der Waals surface area (Å²) in [5, 5.41) is 2.76. The van der Waals surface area contributed by atoms with E-state index in [4.69, 9.17) is 0 Å². The molecule has 3 nitrogen and oxygen atoms in total. The van der Waals surface area contributed by atoms with Gasteiger partial charge in [-0.1, -0.05) is 24.3 Å². The summed E-state index contributed by atoms with van der Waals surface area (Å²) in [5.41, 5.74) is 1.94. The number of hydrogen-bond donors (Lipinski definition) is 1. The number of hydrogen-bond acceptors (Lipinski definition) is 3. The van der Waals surface area contributed by atoms with E-state index < -0.39 is 9.84 Å². The smallest absolute Gasteiger partial charge is 0.157 e. The van der Waals surface area contributed by atoms with Crippen LogP contribution in [0.2, 0.25) is 0 Å². The van der Waals surface area contributed by atoms with E-state index in [0.717, 1.165) is 11.1 Å². The molecule has 1 aromatic carbocycles. The maximum atomic E-state index is 12.3.